The number of carbonyl (C=O) groups excluding carboxylic acids is 2. The second-order valence-corrected chi connectivity index (χ2v) is 8.42. The number of ether oxygens (including phenoxy) is 1. The molecule has 6 nitrogen and oxygen atoms in total. The molecule has 0 unspecified atom stereocenters. The van der Waals surface area contributed by atoms with Gasteiger partial charge in [-0.1, -0.05) is 26.0 Å². The van der Waals surface area contributed by atoms with Crippen LogP contribution < -0.4 is 0 Å². The molecule has 1 saturated heterocycles. The number of nitrogens with zero attached hydrogens (tertiary/aromatic N) is 1. The molecule has 1 aliphatic heterocycles. The Labute approximate surface area is 136 Å². The Morgan fingerprint density at radius 1 is 1.22 bits per heavy atom. The number of amides is 1. The highest BCUT2D eigenvalue weighted by molar-refractivity contribution is 7.92. The first-order valence-corrected chi connectivity index (χ1v) is 9.16. The highest BCUT2D eigenvalue weighted by atomic mass is 32.2. The van der Waals surface area contributed by atoms with Gasteiger partial charge in [0, 0.05) is 13.1 Å². The summed E-state index contributed by atoms with van der Waals surface area (Å²) in [5, 5.41) is -0.515. The maximum atomic E-state index is 12.5. The molecule has 0 spiro atoms. The van der Waals surface area contributed by atoms with Crippen molar-refractivity contribution in [2.45, 2.75) is 19.1 Å². The topological polar surface area (TPSA) is 80.8 Å². The molecule has 1 aromatic carbocycles. The van der Waals surface area contributed by atoms with Crippen molar-refractivity contribution in [3.8, 4) is 0 Å². The fourth-order valence-corrected chi connectivity index (χ4v) is 4.58. The van der Waals surface area contributed by atoms with E-state index in [2.05, 4.69) is 4.74 Å². The van der Waals surface area contributed by atoms with Crippen molar-refractivity contribution in [2.75, 3.05) is 26.0 Å². The van der Waals surface area contributed by atoms with Gasteiger partial charge in [-0.05, 0) is 18.1 Å². The summed E-state index contributed by atoms with van der Waals surface area (Å²) in [6.45, 7) is 4.05. The molecule has 2 rings (SSSR count). The number of hydrogen-bond acceptors (Lipinski definition) is 5. The first kappa shape index (κ1) is 17.5. The van der Waals surface area contributed by atoms with Gasteiger partial charge in [0.1, 0.15) is 0 Å². The Bertz CT molecular complexity index is 705. The van der Waals surface area contributed by atoms with E-state index in [1.165, 1.54) is 18.1 Å². The number of sulfone groups is 1. The Morgan fingerprint density at radius 3 is 2.30 bits per heavy atom. The average molecular weight is 339 g/mol. The Hall–Kier alpha value is -1.89. The van der Waals surface area contributed by atoms with Crippen molar-refractivity contribution in [3.05, 3.63) is 35.4 Å². The van der Waals surface area contributed by atoms with Crippen LogP contribution in [-0.2, 0) is 14.6 Å². The zero-order valence-corrected chi connectivity index (χ0v) is 14.3. The van der Waals surface area contributed by atoms with E-state index in [9.17, 15) is 18.0 Å². The van der Waals surface area contributed by atoms with Crippen LogP contribution in [-0.4, -0.2) is 56.4 Å². The minimum absolute atomic E-state index is 0.0600. The Balaban J connectivity index is 2.10. The van der Waals surface area contributed by atoms with E-state index >= 15 is 0 Å². The number of hydrogen-bond donors (Lipinski definition) is 0. The average Bonchev–Trinajstić information content (AvgIpc) is 2.42. The molecule has 126 valence electrons. The molecular formula is C16H21NO5S. The smallest absolute Gasteiger partial charge is 0.338 e. The largest absolute Gasteiger partial charge is 0.465 e. The summed E-state index contributed by atoms with van der Waals surface area (Å²) < 4.78 is 28.9. The van der Waals surface area contributed by atoms with Crippen LogP contribution in [0.3, 0.4) is 0 Å². The van der Waals surface area contributed by atoms with Gasteiger partial charge < -0.3 is 9.64 Å². The number of benzene rings is 1. The predicted octanol–water partition coefficient (Wildman–Crippen LogP) is 1.37. The van der Waals surface area contributed by atoms with Gasteiger partial charge in [0.2, 0.25) is 0 Å². The molecule has 0 aromatic heterocycles. The maximum absolute atomic E-state index is 12.5. The van der Waals surface area contributed by atoms with Crippen LogP contribution in [0.15, 0.2) is 24.3 Å². The van der Waals surface area contributed by atoms with Gasteiger partial charge >= 0.3 is 5.97 Å². The third-order valence-corrected chi connectivity index (χ3v) is 6.22. The van der Waals surface area contributed by atoms with Crippen molar-refractivity contribution >= 4 is 21.7 Å². The number of rotatable bonds is 5. The predicted molar refractivity (Wildman–Crippen MR) is 86.1 cm³/mol. The van der Waals surface area contributed by atoms with E-state index < -0.39 is 21.1 Å². The maximum Gasteiger partial charge on any atom is 0.338 e. The van der Waals surface area contributed by atoms with Crippen LogP contribution in [0.25, 0.3) is 0 Å². The summed E-state index contributed by atoms with van der Waals surface area (Å²) in [5.41, 5.74) is 0.424. The molecule has 0 atom stereocenters. The molecule has 1 fully saturated rings. The summed E-state index contributed by atoms with van der Waals surface area (Å²) in [6, 6.07) is 6.37. The van der Waals surface area contributed by atoms with Gasteiger partial charge in [0.05, 0.1) is 29.2 Å². The highest BCUT2D eigenvalue weighted by Crippen LogP contribution is 2.23. The van der Waals surface area contributed by atoms with Crippen LogP contribution in [0.2, 0.25) is 0 Å². The van der Waals surface area contributed by atoms with Gasteiger partial charge in [-0.2, -0.15) is 0 Å². The molecule has 0 radical (unpaired) electrons. The second-order valence-electron chi connectivity index (χ2n) is 6.09. The van der Waals surface area contributed by atoms with Gasteiger partial charge in [-0.3, -0.25) is 4.79 Å². The zero-order valence-electron chi connectivity index (χ0n) is 13.5. The van der Waals surface area contributed by atoms with E-state index in [0.29, 0.717) is 0 Å². The molecule has 0 saturated carbocycles. The van der Waals surface area contributed by atoms with Gasteiger partial charge in [-0.15, -0.1) is 0 Å². The molecule has 7 heteroatoms. The number of methoxy groups -OCH3 is 1. The van der Waals surface area contributed by atoms with E-state index in [0.717, 1.165) is 0 Å². The lowest BCUT2D eigenvalue weighted by Crippen LogP contribution is -2.57. The lowest BCUT2D eigenvalue weighted by molar-refractivity contribution is 0.0578. The van der Waals surface area contributed by atoms with E-state index in [1.54, 1.807) is 18.2 Å². The standard InChI is InChI=1S/C16H21NO5S/c1-11(2)10-23(20,21)12-8-17(9-12)15(18)13-6-4-5-7-14(13)16(19)22-3/h4-7,11-12H,8-10H2,1-3H3. The van der Waals surface area contributed by atoms with Crippen LogP contribution in [0.1, 0.15) is 34.6 Å². The number of carbonyl (C=O) groups is 2. The molecule has 1 aromatic rings. The highest BCUT2D eigenvalue weighted by Gasteiger charge is 2.40. The zero-order chi connectivity index (χ0) is 17.2. The fraction of sp³-hybridized carbons (Fsp3) is 0.500. The van der Waals surface area contributed by atoms with Crippen LogP contribution in [0.5, 0.6) is 0 Å². The Morgan fingerprint density at radius 2 is 1.78 bits per heavy atom. The third kappa shape index (κ3) is 3.72. The molecule has 0 bridgehead atoms. The molecular weight excluding hydrogens is 318 g/mol. The van der Waals surface area contributed by atoms with Crippen LogP contribution in [0.4, 0.5) is 0 Å². The first-order valence-electron chi connectivity index (χ1n) is 7.44. The van der Waals surface area contributed by atoms with Crippen molar-refractivity contribution in [3.63, 3.8) is 0 Å². The van der Waals surface area contributed by atoms with Gasteiger partial charge in [-0.25, -0.2) is 13.2 Å². The van der Waals surface area contributed by atoms with Crippen molar-refractivity contribution in [1.29, 1.82) is 0 Å². The molecule has 1 heterocycles. The van der Waals surface area contributed by atoms with Crippen LogP contribution >= 0.6 is 0 Å². The van der Waals surface area contributed by atoms with E-state index in [1.807, 2.05) is 13.8 Å². The van der Waals surface area contributed by atoms with Crippen LogP contribution in [0, 0.1) is 5.92 Å². The molecule has 0 aliphatic carbocycles. The molecule has 0 N–H and O–H groups in total. The number of likely N-dealkylation sites (tertiary alicyclic amines) is 1. The lowest BCUT2D eigenvalue weighted by Gasteiger charge is -2.39. The van der Waals surface area contributed by atoms with Gasteiger partial charge in [0.15, 0.2) is 9.84 Å². The van der Waals surface area contributed by atoms with Gasteiger partial charge in [0.25, 0.3) is 5.91 Å². The second kappa shape index (κ2) is 6.70. The minimum atomic E-state index is -3.19. The first-order chi connectivity index (χ1) is 10.8. The quantitative estimate of drug-likeness (QED) is 0.757. The monoisotopic (exact) mass is 339 g/mol. The summed E-state index contributed by atoms with van der Waals surface area (Å²) >= 11 is 0. The summed E-state index contributed by atoms with van der Waals surface area (Å²) in [6.07, 6.45) is 0. The Kier molecular flexibility index (Phi) is 5.09. The van der Waals surface area contributed by atoms with Crippen molar-refractivity contribution in [1.82, 2.24) is 4.90 Å². The number of esters is 1. The van der Waals surface area contributed by atoms with Crippen molar-refractivity contribution < 1.29 is 22.7 Å². The fourth-order valence-electron chi connectivity index (χ4n) is 2.56. The molecule has 1 aliphatic rings. The normalized spacial score (nSPS) is 15.4. The summed E-state index contributed by atoms with van der Waals surface area (Å²) in [5.74, 6) is -0.747. The van der Waals surface area contributed by atoms with Crippen molar-refractivity contribution in [2.24, 2.45) is 5.92 Å². The summed E-state index contributed by atoms with van der Waals surface area (Å²) in [4.78, 5) is 25.7. The van der Waals surface area contributed by atoms with E-state index in [4.69, 9.17) is 0 Å². The summed E-state index contributed by atoms with van der Waals surface area (Å²) in [7, 11) is -1.94. The third-order valence-electron chi connectivity index (χ3n) is 3.77. The minimum Gasteiger partial charge on any atom is -0.465 e. The molecule has 1 amide bonds. The lowest BCUT2D eigenvalue weighted by atomic mass is 10.0. The SMILES string of the molecule is COC(=O)c1ccccc1C(=O)N1CC(S(=O)(=O)CC(C)C)C1. The molecule has 23 heavy (non-hydrogen) atoms. The van der Waals surface area contributed by atoms with E-state index in [-0.39, 0.29) is 41.8 Å².